The zero-order valence-corrected chi connectivity index (χ0v) is 13.7. The standard InChI is InChI=1S/C18H17FN6/c1-24-12-14(8-23-24)18(13-2-4-15(19)5-3-13)22-10-16-9-21-17-11-20-6-7-25(16)17/h2-9,11-12,18,22H,10H2,1H3/t18-/m0/s1. The Morgan fingerprint density at radius 2 is 1.96 bits per heavy atom. The Labute approximate surface area is 144 Å². The maximum absolute atomic E-state index is 13.3. The third kappa shape index (κ3) is 3.14. The summed E-state index contributed by atoms with van der Waals surface area (Å²) in [5, 5.41) is 7.77. The highest BCUT2D eigenvalue weighted by Crippen LogP contribution is 2.22. The van der Waals surface area contributed by atoms with Crippen LogP contribution in [0.1, 0.15) is 22.9 Å². The van der Waals surface area contributed by atoms with Crippen LogP contribution in [0.3, 0.4) is 0 Å². The lowest BCUT2D eigenvalue weighted by Gasteiger charge is -2.18. The van der Waals surface area contributed by atoms with E-state index in [-0.39, 0.29) is 11.9 Å². The number of halogens is 1. The van der Waals surface area contributed by atoms with Gasteiger partial charge >= 0.3 is 0 Å². The summed E-state index contributed by atoms with van der Waals surface area (Å²) in [5.41, 5.74) is 3.82. The summed E-state index contributed by atoms with van der Waals surface area (Å²) in [6.07, 6.45) is 10.9. The topological polar surface area (TPSA) is 60.0 Å². The van der Waals surface area contributed by atoms with Crippen LogP contribution in [0, 0.1) is 5.82 Å². The lowest BCUT2D eigenvalue weighted by molar-refractivity contribution is 0.589. The number of hydrogen-bond donors (Lipinski definition) is 1. The number of nitrogens with one attached hydrogen (secondary N) is 1. The average Bonchev–Trinajstić information content (AvgIpc) is 3.23. The first-order valence-electron chi connectivity index (χ1n) is 7.94. The van der Waals surface area contributed by atoms with E-state index in [0.29, 0.717) is 6.54 Å². The van der Waals surface area contributed by atoms with Crippen LogP contribution in [0.25, 0.3) is 5.65 Å². The second-order valence-corrected chi connectivity index (χ2v) is 5.87. The number of rotatable bonds is 5. The number of nitrogens with zero attached hydrogens (tertiary/aromatic N) is 5. The average molecular weight is 336 g/mol. The second kappa shape index (κ2) is 6.45. The molecule has 0 bridgehead atoms. The maximum Gasteiger partial charge on any atom is 0.155 e. The largest absolute Gasteiger partial charge is 0.300 e. The predicted octanol–water partition coefficient (Wildman–Crippen LogP) is 2.48. The van der Waals surface area contributed by atoms with E-state index in [0.717, 1.165) is 22.5 Å². The Balaban J connectivity index is 1.63. The van der Waals surface area contributed by atoms with E-state index in [9.17, 15) is 4.39 Å². The number of hydrogen-bond acceptors (Lipinski definition) is 4. The molecule has 0 aliphatic heterocycles. The van der Waals surface area contributed by atoms with Gasteiger partial charge in [0.05, 0.1) is 30.3 Å². The normalized spacial score (nSPS) is 12.6. The van der Waals surface area contributed by atoms with Crippen molar-refractivity contribution >= 4 is 5.65 Å². The van der Waals surface area contributed by atoms with E-state index in [2.05, 4.69) is 20.4 Å². The van der Waals surface area contributed by atoms with Crippen LogP contribution in [0.5, 0.6) is 0 Å². The molecule has 0 saturated carbocycles. The first kappa shape index (κ1) is 15.5. The van der Waals surface area contributed by atoms with Crippen molar-refractivity contribution in [1.29, 1.82) is 0 Å². The molecule has 0 radical (unpaired) electrons. The van der Waals surface area contributed by atoms with Gasteiger partial charge in [-0.3, -0.25) is 14.1 Å². The molecule has 4 aromatic rings. The fourth-order valence-electron chi connectivity index (χ4n) is 2.90. The highest BCUT2D eigenvalue weighted by atomic mass is 19.1. The molecule has 1 aromatic carbocycles. The van der Waals surface area contributed by atoms with Crippen molar-refractivity contribution in [1.82, 2.24) is 29.5 Å². The van der Waals surface area contributed by atoms with E-state index < -0.39 is 0 Å². The van der Waals surface area contributed by atoms with E-state index >= 15 is 0 Å². The minimum absolute atomic E-state index is 0.0957. The lowest BCUT2D eigenvalue weighted by atomic mass is 10.0. The van der Waals surface area contributed by atoms with E-state index in [1.807, 2.05) is 36.2 Å². The van der Waals surface area contributed by atoms with Gasteiger partial charge in [-0.1, -0.05) is 12.1 Å². The number of aromatic nitrogens is 5. The predicted molar refractivity (Wildman–Crippen MR) is 91.3 cm³/mol. The smallest absolute Gasteiger partial charge is 0.155 e. The minimum atomic E-state index is -0.247. The summed E-state index contributed by atoms with van der Waals surface area (Å²) in [6.45, 7) is 0.599. The SMILES string of the molecule is Cn1cc([C@@H](NCc2cnc3cnccn23)c2ccc(F)cc2)cn1. The number of imidazole rings is 1. The number of fused-ring (bicyclic) bond motifs is 1. The molecule has 1 atom stereocenters. The molecular formula is C18H17FN6. The van der Waals surface area contributed by atoms with Crippen molar-refractivity contribution in [3.63, 3.8) is 0 Å². The third-order valence-electron chi connectivity index (χ3n) is 4.14. The first-order valence-corrected chi connectivity index (χ1v) is 7.94. The fourth-order valence-corrected chi connectivity index (χ4v) is 2.90. The molecule has 3 aromatic heterocycles. The van der Waals surface area contributed by atoms with E-state index in [4.69, 9.17) is 0 Å². The molecule has 4 rings (SSSR count). The molecule has 1 N–H and O–H groups in total. The van der Waals surface area contributed by atoms with Gasteiger partial charge in [0.15, 0.2) is 5.65 Å². The van der Waals surface area contributed by atoms with Crippen LogP contribution in [0.2, 0.25) is 0 Å². The summed E-state index contributed by atoms with van der Waals surface area (Å²) in [6, 6.07) is 6.43. The van der Waals surface area contributed by atoms with Gasteiger partial charge in [0.1, 0.15) is 5.82 Å². The molecule has 126 valence electrons. The highest BCUT2D eigenvalue weighted by molar-refractivity contribution is 5.37. The molecule has 0 spiro atoms. The Morgan fingerprint density at radius 1 is 1.12 bits per heavy atom. The van der Waals surface area contributed by atoms with Crippen molar-refractivity contribution in [3.05, 3.63) is 84.1 Å². The van der Waals surface area contributed by atoms with Gasteiger partial charge in [0, 0.05) is 37.7 Å². The molecule has 0 aliphatic rings. The Hall–Kier alpha value is -3.06. The van der Waals surface area contributed by atoms with Crippen LogP contribution < -0.4 is 5.32 Å². The number of benzene rings is 1. The molecule has 3 heterocycles. The maximum atomic E-state index is 13.3. The fraction of sp³-hybridized carbons (Fsp3) is 0.167. The van der Waals surface area contributed by atoms with Crippen LogP contribution >= 0.6 is 0 Å². The van der Waals surface area contributed by atoms with E-state index in [1.54, 1.807) is 29.2 Å². The van der Waals surface area contributed by atoms with Gasteiger partial charge in [-0.25, -0.2) is 9.37 Å². The molecule has 25 heavy (non-hydrogen) atoms. The molecule has 6 nitrogen and oxygen atoms in total. The van der Waals surface area contributed by atoms with Gasteiger partial charge in [-0.15, -0.1) is 0 Å². The zero-order chi connectivity index (χ0) is 17.2. The minimum Gasteiger partial charge on any atom is -0.300 e. The van der Waals surface area contributed by atoms with Crippen molar-refractivity contribution in [2.75, 3.05) is 0 Å². The third-order valence-corrected chi connectivity index (χ3v) is 4.14. The Kier molecular flexibility index (Phi) is 3.99. The summed E-state index contributed by atoms with van der Waals surface area (Å²) in [4.78, 5) is 8.43. The zero-order valence-electron chi connectivity index (χ0n) is 13.7. The number of aryl methyl sites for hydroxylation is 1. The molecule has 0 fully saturated rings. The monoisotopic (exact) mass is 336 g/mol. The summed E-state index contributed by atoms with van der Waals surface area (Å²) < 4.78 is 17.0. The molecular weight excluding hydrogens is 319 g/mol. The van der Waals surface area contributed by atoms with Crippen molar-refractivity contribution in [3.8, 4) is 0 Å². The quantitative estimate of drug-likeness (QED) is 0.608. The molecule has 0 amide bonds. The first-order chi connectivity index (χ1) is 12.2. The van der Waals surface area contributed by atoms with Crippen molar-refractivity contribution in [2.45, 2.75) is 12.6 Å². The summed E-state index contributed by atoms with van der Waals surface area (Å²) in [7, 11) is 1.88. The van der Waals surface area contributed by atoms with Crippen molar-refractivity contribution in [2.24, 2.45) is 7.05 Å². The van der Waals surface area contributed by atoms with Crippen LogP contribution in [-0.4, -0.2) is 24.1 Å². The second-order valence-electron chi connectivity index (χ2n) is 5.87. The van der Waals surface area contributed by atoms with Crippen molar-refractivity contribution < 1.29 is 4.39 Å². The van der Waals surface area contributed by atoms with Gasteiger partial charge in [-0.2, -0.15) is 5.10 Å². The molecule has 0 unspecified atom stereocenters. The molecule has 0 aliphatic carbocycles. The van der Waals surface area contributed by atoms with Gasteiger partial charge < -0.3 is 5.32 Å². The van der Waals surface area contributed by atoms with Gasteiger partial charge in [-0.05, 0) is 17.7 Å². The van der Waals surface area contributed by atoms with Gasteiger partial charge in [0.25, 0.3) is 0 Å². The highest BCUT2D eigenvalue weighted by Gasteiger charge is 2.16. The van der Waals surface area contributed by atoms with Crippen LogP contribution in [0.15, 0.2) is 61.4 Å². The van der Waals surface area contributed by atoms with Crippen LogP contribution in [0.4, 0.5) is 4.39 Å². The summed E-state index contributed by atoms with van der Waals surface area (Å²) in [5.74, 6) is -0.247. The molecule has 7 heteroatoms. The summed E-state index contributed by atoms with van der Waals surface area (Å²) >= 11 is 0. The Morgan fingerprint density at radius 3 is 2.72 bits per heavy atom. The Bertz CT molecular complexity index is 988. The molecule has 0 saturated heterocycles. The van der Waals surface area contributed by atoms with Crippen LogP contribution in [-0.2, 0) is 13.6 Å². The van der Waals surface area contributed by atoms with E-state index in [1.165, 1.54) is 12.1 Å². The van der Waals surface area contributed by atoms with Gasteiger partial charge in [0.2, 0.25) is 0 Å². The lowest BCUT2D eigenvalue weighted by Crippen LogP contribution is -2.22.